The van der Waals surface area contributed by atoms with Crippen LogP contribution in [0.5, 0.6) is 5.75 Å². The number of aromatic nitrogens is 4. The summed E-state index contributed by atoms with van der Waals surface area (Å²) in [6.07, 6.45) is 3.75. The highest BCUT2D eigenvalue weighted by molar-refractivity contribution is 9.10. The van der Waals surface area contributed by atoms with Crippen LogP contribution in [0.25, 0.3) is 21.9 Å². The summed E-state index contributed by atoms with van der Waals surface area (Å²) in [7, 11) is 0. The number of pyridine rings is 1. The van der Waals surface area contributed by atoms with Crippen molar-refractivity contribution in [1.29, 1.82) is 0 Å². The second-order valence-corrected chi connectivity index (χ2v) is 9.82. The number of halogens is 1. The fourth-order valence-corrected chi connectivity index (χ4v) is 5.91. The lowest BCUT2D eigenvalue weighted by atomic mass is 9.92. The Bertz CT molecular complexity index is 1390. The molecule has 5 unspecified atom stereocenters. The van der Waals surface area contributed by atoms with Gasteiger partial charge in [-0.3, -0.25) is 0 Å². The number of anilines is 2. The number of nitrogen functional groups attached to an aromatic ring is 2. The third-order valence-electron chi connectivity index (χ3n) is 7.25. The lowest BCUT2D eigenvalue weighted by Gasteiger charge is -2.29. The van der Waals surface area contributed by atoms with Gasteiger partial charge in [-0.25, -0.2) is 15.0 Å². The van der Waals surface area contributed by atoms with Crippen molar-refractivity contribution >= 4 is 49.5 Å². The van der Waals surface area contributed by atoms with Crippen molar-refractivity contribution in [2.75, 3.05) is 11.5 Å². The van der Waals surface area contributed by atoms with Gasteiger partial charge in [0.1, 0.15) is 41.6 Å². The van der Waals surface area contributed by atoms with Crippen molar-refractivity contribution in [2.45, 2.75) is 43.1 Å². The molecule has 0 bridgehead atoms. The van der Waals surface area contributed by atoms with Crippen molar-refractivity contribution < 1.29 is 14.9 Å². The Kier molecular flexibility index (Phi) is 4.55. The Hall–Kier alpha value is -2.95. The number of ether oxygens (including phenoxy) is 1. The molecule has 2 aliphatic rings. The Morgan fingerprint density at radius 3 is 2.85 bits per heavy atom. The minimum absolute atomic E-state index is 0.229. The van der Waals surface area contributed by atoms with Crippen LogP contribution in [0, 0.1) is 5.92 Å². The number of benzene rings is 1. The van der Waals surface area contributed by atoms with E-state index < -0.39 is 11.7 Å². The molecular formula is C23H23BrN6O3. The quantitative estimate of drug-likeness (QED) is 0.329. The summed E-state index contributed by atoms with van der Waals surface area (Å²) in [5, 5.41) is 24.3. The number of nitrogens with two attached hydrogens (primary N) is 2. The number of aliphatic hydroxyl groups is 2. The van der Waals surface area contributed by atoms with E-state index in [2.05, 4.69) is 30.9 Å². The molecule has 1 aromatic carbocycles. The van der Waals surface area contributed by atoms with Gasteiger partial charge in [0, 0.05) is 23.6 Å². The molecule has 33 heavy (non-hydrogen) atoms. The Morgan fingerprint density at radius 2 is 2.00 bits per heavy atom. The van der Waals surface area contributed by atoms with Gasteiger partial charge in [-0.1, -0.05) is 0 Å². The lowest BCUT2D eigenvalue weighted by molar-refractivity contribution is -0.0835. The number of hydrogen-bond acceptors (Lipinski definition) is 8. The van der Waals surface area contributed by atoms with Gasteiger partial charge in [0.25, 0.3) is 0 Å². The van der Waals surface area contributed by atoms with E-state index in [9.17, 15) is 10.2 Å². The minimum atomic E-state index is -1.23. The van der Waals surface area contributed by atoms with Gasteiger partial charge in [-0.2, -0.15) is 0 Å². The molecule has 2 fully saturated rings. The second-order valence-electron chi connectivity index (χ2n) is 8.97. The molecule has 9 nitrogen and oxygen atoms in total. The topological polar surface area (TPSA) is 145 Å². The van der Waals surface area contributed by atoms with Crippen molar-refractivity contribution in [3.63, 3.8) is 0 Å². The SMILES string of the molecule is Nc1nc2cc(OC3CCC4(O)C(O)C(n5ccc6c(N)ncnc65)CC34)ccc2cc1Br. The van der Waals surface area contributed by atoms with E-state index in [-0.39, 0.29) is 18.1 Å². The van der Waals surface area contributed by atoms with Crippen LogP contribution < -0.4 is 16.2 Å². The second kappa shape index (κ2) is 7.28. The zero-order valence-electron chi connectivity index (χ0n) is 17.6. The number of aliphatic hydroxyl groups excluding tert-OH is 1. The smallest absolute Gasteiger partial charge is 0.145 e. The molecule has 0 radical (unpaired) electrons. The van der Waals surface area contributed by atoms with Crippen LogP contribution in [0.1, 0.15) is 25.3 Å². The van der Waals surface area contributed by atoms with Crippen molar-refractivity contribution in [2.24, 2.45) is 5.92 Å². The molecule has 4 aromatic rings. The lowest BCUT2D eigenvalue weighted by Crippen LogP contribution is -2.43. The standard InChI is InChI=1S/C23H23BrN6O3/c24-15-7-11-1-2-12(8-16(11)29-21(15)26)33-18-3-5-23(32)14(18)9-17(19(23)31)30-6-4-13-20(25)27-10-28-22(13)30/h1-2,4,6-8,10,14,17-19,31-32H,3,5,9H2,(H2,26,29)(H2,25,27,28). The highest BCUT2D eigenvalue weighted by Gasteiger charge is 2.61. The summed E-state index contributed by atoms with van der Waals surface area (Å²) in [5.74, 6) is 1.24. The van der Waals surface area contributed by atoms with Crippen molar-refractivity contribution in [1.82, 2.24) is 19.5 Å². The molecule has 10 heteroatoms. The minimum Gasteiger partial charge on any atom is -0.490 e. The van der Waals surface area contributed by atoms with Crippen LogP contribution >= 0.6 is 15.9 Å². The average molecular weight is 511 g/mol. The van der Waals surface area contributed by atoms with Gasteiger partial charge >= 0.3 is 0 Å². The Morgan fingerprint density at radius 1 is 1.15 bits per heavy atom. The molecule has 0 aliphatic heterocycles. The van der Waals surface area contributed by atoms with Gasteiger partial charge < -0.3 is 31.0 Å². The van der Waals surface area contributed by atoms with E-state index >= 15 is 0 Å². The maximum atomic E-state index is 11.4. The first-order chi connectivity index (χ1) is 15.8. The van der Waals surface area contributed by atoms with E-state index in [0.29, 0.717) is 42.3 Å². The van der Waals surface area contributed by atoms with E-state index in [1.54, 1.807) is 0 Å². The number of fused-ring (bicyclic) bond motifs is 3. The summed E-state index contributed by atoms with van der Waals surface area (Å²) < 4.78 is 8.98. The molecule has 2 saturated carbocycles. The van der Waals surface area contributed by atoms with E-state index in [4.69, 9.17) is 16.2 Å². The van der Waals surface area contributed by atoms with Gasteiger partial charge in [-0.05, 0) is 59.5 Å². The van der Waals surface area contributed by atoms with Gasteiger partial charge in [0.05, 0.1) is 27.0 Å². The molecule has 2 aliphatic carbocycles. The maximum absolute atomic E-state index is 11.4. The van der Waals surface area contributed by atoms with E-state index in [0.717, 1.165) is 20.8 Å². The van der Waals surface area contributed by atoms with Crippen LogP contribution in [0.3, 0.4) is 0 Å². The van der Waals surface area contributed by atoms with Crippen LogP contribution in [0.4, 0.5) is 11.6 Å². The Labute approximate surface area is 197 Å². The third kappa shape index (κ3) is 3.08. The van der Waals surface area contributed by atoms with Gasteiger partial charge in [0.2, 0.25) is 0 Å². The first-order valence-corrected chi connectivity index (χ1v) is 11.6. The number of hydrogen-bond donors (Lipinski definition) is 4. The van der Waals surface area contributed by atoms with Crippen LogP contribution in [0.2, 0.25) is 0 Å². The highest BCUT2D eigenvalue weighted by atomic mass is 79.9. The van der Waals surface area contributed by atoms with Gasteiger partial charge in [0.15, 0.2) is 0 Å². The van der Waals surface area contributed by atoms with Crippen molar-refractivity contribution in [3.8, 4) is 5.75 Å². The Balaban J connectivity index is 1.29. The van der Waals surface area contributed by atoms with E-state index in [1.807, 2.05) is 41.1 Å². The first-order valence-electron chi connectivity index (χ1n) is 10.8. The zero-order valence-corrected chi connectivity index (χ0v) is 19.2. The normalized spacial score (nSPS) is 29.1. The molecule has 170 valence electrons. The largest absolute Gasteiger partial charge is 0.490 e. The third-order valence-corrected chi connectivity index (χ3v) is 7.88. The fraction of sp³-hybridized carbons (Fsp3) is 0.348. The molecule has 6 N–H and O–H groups in total. The molecule has 0 spiro atoms. The van der Waals surface area contributed by atoms with Crippen LogP contribution in [-0.4, -0.2) is 47.5 Å². The molecule has 3 aromatic heterocycles. The summed E-state index contributed by atoms with van der Waals surface area (Å²) >= 11 is 3.40. The zero-order chi connectivity index (χ0) is 22.9. The molecule has 5 atom stereocenters. The number of nitrogens with zero attached hydrogens (tertiary/aromatic N) is 4. The molecule has 0 saturated heterocycles. The average Bonchev–Trinajstić information content (AvgIpc) is 3.42. The predicted molar refractivity (Wildman–Crippen MR) is 128 cm³/mol. The number of rotatable bonds is 3. The van der Waals surface area contributed by atoms with Crippen LogP contribution in [0.15, 0.2) is 47.3 Å². The van der Waals surface area contributed by atoms with E-state index in [1.165, 1.54) is 6.33 Å². The predicted octanol–water partition coefficient (Wildman–Crippen LogP) is 2.80. The molecule has 6 rings (SSSR count). The first kappa shape index (κ1) is 20.6. The highest BCUT2D eigenvalue weighted by Crippen LogP contribution is 2.53. The summed E-state index contributed by atoms with van der Waals surface area (Å²) in [6, 6.07) is 9.12. The van der Waals surface area contributed by atoms with Gasteiger partial charge in [-0.15, -0.1) is 0 Å². The molecule has 3 heterocycles. The fourth-order valence-electron chi connectivity index (χ4n) is 5.58. The monoisotopic (exact) mass is 510 g/mol. The summed E-state index contributed by atoms with van der Waals surface area (Å²) in [5.41, 5.74) is 12.1. The molecular weight excluding hydrogens is 488 g/mol. The van der Waals surface area contributed by atoms with Crippen molar-refractivity contribution in [3.05, 3.63) is 47.3 Å². The maximum Gasteiger partial charge on any atom is 0.145 e. The summed E-state index contributed by atoms with van der Waals surface area (Å²) in [6.45, 7) is 0. The summed E-state index contributed by atoms with van der Waals surface area (Å²) in [4.78, 5) is 12.8. The van der Waals surface area contributed by atoms with Crippen LogP contribution in [-0.2, 0) is 0 Å². The molecule has 0 amide bonds.